The van der Waals surface area contributed by atoms with Gasteiger partial charge in [-0.05, 0) is 38.5 Å². The lowest BCUT2D eigenvalue weighted by Gasteiger charge is -2.13. The molecule has 2 heterocycles. The van der Waals surface area contributed by atoms with Crippen molar-refractivity contribution in [3.05, 3.63) is 59.5 Å². The number of fused-ring (bicyclic) bond motifs is 1. The monoisotopic (exact) mass is 416 g/mol. The molecular formula is C21H26F2N6O. The van der Waals surface area contributed by atoms with Crippen molar-refractivity contribution >= 4 is 11.6 Å². The van der Waals surface area contributed by atoms with E-state index in [0.717, 1.165) is 29.9 Å². The van der Waals surface area contributed by atoms with Gasteiger partial charge in [0.1, 0.15) is 11.6 Å². The molecule has 0 fully saturated rings. The van der Waals surface area contributed by atoms with Gasteiger partial charge in [0.25, 0.3) is 0 Å². The highest BCUT2D eigenvalue weighted by molar-refractivity contribution is 5.79. The molecule has 0 atom stereocenters. The zero-order chi connectivity index (χ0) is 21.3. The first-order chi connectivity index (χ1) is 14.6. The Labute approximate surface area is 174 Å². The van der Waals surface area contributed by atoms with E-state index < -0.39 is 6.61 Å². The second kappa shape index (κ2) is 10.5. The third-order valence-electron chi connectivity index (χ3n) is 4.44. The van der Waals surface area contributed by atoms with Gasteiger partial charge in [0.2, 0.25) is 0 Å². The number of benzene rings is 1. The topological polar surface area (TPSA) is 75.8 Å². The van der Waals surface area contributed by atoms with Crippen molar-refractivity contribution in [3.63, 3.8) is 0 Å². The second-order valence-electron chi connectivity index (χ2n) is 6.76. The number of ether oxygens (including phenoxy) is 1. The molecule has 3 aromatic rings. The van der Waals surface area contributed by atoms with Gasteiger partial charge in [-0.15, -0.1) is 10.2 Å². The molecule has 0 unspecified atom stereocenters. The number of aromatic nitrogens is 3. The minimum atomic E-state index is -2.87. The Kier molecular flexibility index (Phi) is 7.53. The Morgan fingerprint density at radius 3 is 2.87 bits per heavy atom. The average Bonchev–Trinajstić information content (AvgIpc) is 3.14. The highest BCUT2D eigenvalue weighted by atomic mass is 19.3. The summed E-state index contributed by atoms with van der Waals surface area (Å²) in [6.45, 7) is 2.61. The van der Waals surface area contributed by atoms with Gasteiger partial charge in [0.05, 0.1) is 6.54 Å². The summed E-state index contributed by atoms with van der Waals surface area (Å²) in [4.78, 5) is 4.51. The number of aryl methyl sites for hydroxylation is 2. The van der Waals surface area contributed by atoms with Crippen LogP contribution < -0.4 is 15.4 Å². The highest BCUT2D eigenvalue weighted by Gasteiger charge is 2.10. The van der Waals surface area contributed by atoms with Crippen molar-refractivity contribution in [2.75, 3.05) is 13.1 Å². The molecule has 0 aliphatic rings. The number of nitrogens with one attached hydrogen (secondary N) is 2. The van der Waals surface area contributed by atoms with Crippen LogP contribution in [-0.4, -0.2) is 40.3 Å². The maximum Gasteiger partial charge on any atom is 0.387 e. The molecule has 0 saturated heterocycles. The van der Waals surface area contributed by atoms with Gasteiger partial charge in [-0.25, -0.2) is 4.99 Å². The summed E-state index contributed by atoms with van der Waals surface area (Å²) in [6, 6.07) is 10.9. The van der Waals surface area contributed by atoms with E-state index in [4.69, 9.17) is 0 Å². The van der Waals surface area contributed by atoms with Crippen molar-refractivity contribution < 1.29 is 13.5 Å². The van der Waals surface area contributed by atoms with E-state index in [1.54, 1.807) is 18.2 Å². The Hall–Kier alpha value is -3.23. The van der Waals surface area contributed by atoms with Crippen LogP contribution in [0.3, 0.4) is 0 Å². The van der Waals surface area contributed by atoms with E-state index in [0.29, 0.717) is 24.6 Å². The summed E-state index contributed by atoms with van der Waals surface area (Å²) in [7, 11) is 0. The standard InChI is InChI=1S/C21H26F2N6O/c1-3-24-21(26-14-16-13-15(2)9-10-17(16)30-20(22)23)25-11-6-8-19-28-27-18-7-4-5-12-29(18)19/h4-5,7,9-10,12-13,20H,3,6,8,11,14H2,1-2H3,(H2,24,25,26). The third-order valence-corrected chi connectivity index (χ3v) is 4.44. The number of guanidine groups is 1. The molecule has 30 heavy (non-hydrogen) atoms. The van der Waals surface area contributed by atoms with Crippen molar-refractivity contribution in [3.8, 4) is 5.75 Å². The number of halogens is 2. The average molecular weight is 416 g/mol. The lowest BCUT2D eigenvalue weighted by Crippen LogP contribution is -2.37. The first kappa shape index (κ1) is 21.5. The highest BCUT2D eigenvalue weighted by Crippen LogP contribution is 2.22. The van der Waals surface area contributed by atoms with Crippen LogP contribution in [0, 0.1) is 6.92 Å². The van der Waals surface area contributed by atoms with E-state index in [2.05, 4.69) is 30.6 Å². The largest absolute Gasteiger partial charge is 0.434 e. The molecule has 0 aliphatic carbocycles. The number of alkyl halides is 2. The molecule has 0 saturated carbocycles. The number of pyridine rings is 1. The van der Waals surface area contributed by atoms with Crippen LogP contribution in [-0.2, 0) is 13.0 Å². The van der Waals surface area contributed by atoms with E-state index in [1.165, 1.54) is 0 Å². The van der Waals surface area contributed by atoms with Gasteiger partial charge in [-0.3, -0.25) is 4.40 Å². The molecule has 9 heteroatoms. The Morgan fingerprint density at radius 1 is 1.20 bits per heavy atom. The fraction of sp³-hybridized carbons (Fsp3) is 0.381. The molecule has 0 bridgehead atoms. The van der Waals surface area contributed by atoms with Crippen molar-refractivity contribution in [1.29, 1.82) is 0 Å². The molecule has 7 nitrogen and oxygen atoms in total. The quantitative estimate of drug-likeness (QED) is 0.318. The number of rotatable bonds is 9. The molecule has 2 aromatic heterocycles. The third kappa shape index (κ3) is 5.88. The predicted octanol–water partition coefficient (Wildman–Crippen LogP) is 3.33. The Balaban J connectivity index is 1.58. The van der Waals surface area contributed by atoms with Crippen LogP contribution in [0.2, 0.25) is 0 Å². The molecule has 2 N–H and O–H groups in total. The maximum atomic E-state index is 12.6. The van der Waals surface area contributed by atoms with Crippen LogP contribution in [0.25, 0.3) is 5.65 Å². The van der Waals surface area contributed by atoms with Crippen molar-refractivity contribution in [2.24, 2.45) is 4.99 Å². The Morgan fingerprint density at radius 2 is 2.07 bits per heavy atom. The fourth-order valence-corrected chi connectivity index (χ4v) is 3.06. The minimum Gasteiger partial charge on any atom is -0.434 e. The molecular weight excluding hydrogens is 390 g/mol. The molecule has 0 spiro atoms. The zero-order valence-electron chi connectivity index (χ0n) is 17.1. The van der Waals surface area contributed by atoms with Crippen LogP contribution in [0.4, 0.5) is 8.78 Å². The molecule has 0 amide bonds. The first-order valence-electron chi connectivity index (χ1n) is 9.92. The van der Waals surface area contributed by atoms with Gasteiger partial charge in [0, 0.05) is 31.3 Å². The molecule has 0 aliphatic heterocycles. The number of nitrogens with zero attached hydrogens (tertiary/aromatic N) is 4. The van der Waals surface area contributed by atoms with Crippen molar-refractivity contribution in [2.45, 2.75) is 39.8 Å². The predicted molar refractivity (Wildman–Crippen MR) is 112 cm³/mol. The van der Waals surface area contributed by atoms with Gasteiger partial charge in [0.15, 0.2) is 11.6 Å². The van der Waals surface area contributed by atoms with Crippen LogP contribution in [0.15, 0.2) is 47.6 Å². The normalized spacial score (nSPS) is 11.8. The summed E-state index contributed by atoms with van der Waals surface area (Å²) in [5.41, 5.74) is 2.40. The van der Waals surface area contributed by atoms with Gasteiger partial charge in [-0.1, -0.05) is 23.8 Å². The van der Waals surface area contributed by atoms with Gasteiger partial charge < -0.3 is 15.4 Å². The van der Waals surface area contributed by atoms with Crippen molar-refractivity contribution in [1.82, 2.24) is 25.2 Å². The van der Waals surface area contributed by atoms with E-state index >= 15 is 0 Å². The summed E-state index contributed by atoms with van der Waals surface area (Å²) < 4.78 is 31.9. The van der Waals surface area contributed by atoms with Gasteiger partial charge in [-0.2, -0.15) is 8.78 Å². The molecule has 0 radical (unpaired) electrons. The summed E-state index contributed by atoms with van der Waals surface area (Å²) in [5, 5.41) is 14.8. The lowest BCUT2D eigenvalue weighted by atomic mass is 10.1. The summed E-state index contributed by atoms with van der Waals surface area (Å²) in [5.74, 6) is 1.67. The second-order valence-corrected chi connectivity index (χ2v) is 6.76. The van der Waals surface area contributed by atoms with Gasteiger partial charge >= 0.3 is 6.61 Å². The maximum absolute atomic E-state index is 12.6. The number of hydrogen-bond acceptors (Lipinski definition) is 4. The van der Waals surface area contributed by atoms with E-state index in [9.17, 15) is 8.78 Å². The van der Waals surface area contributed by atoms with E-state index in [1.807, 2.05) is 42.6 Å². The molecule has 160 valence electrons. The first-order valence-corrected chi connectivity index (χ1v) is 9.92. The minimum absolute atomic E-state index is 0.147. The van der Waals surface area contributed by atoms with Crippen LogP contribution >= 0.6 is 0 Å². The van der Waals surface area contributed by atoms with Crippen LogP contribution in [0.5, 0.6) is 5.75 Å². The van der Waals surface area contributed by atoms with E-state index in [-0.39, 0.29) is 12.3 Å². The molecule has 1 aromatic carbocycles. The SMILES string of the molecule is CCNC(=NCc1cc(C)ccc1OC(F)F)NCCCc1nnc2ccccn12. The smallest absolute Gasteiger partial charge is 0.387 e. The summed E-state index contributed by atoms with van der Waals surface area (Å²) in [6.07, 6.45) is 3.55. The zero-order valence-corrected chi connectivity index (χ0v) is 17.1. The number of aliphatic imine (C=N–C) groups is 1. The fourth-order valence-electron chi connectivity index (χ4n) is 3.06. The van der Waals surface area contributed by atoms with Crippen LogP contribution in [0.1, 0.15) is 30.3 Å². The Bertz CT molecular complexity index is 989. The summed E-state index contributed by atoms with van der Waals surface area (Å²) >= 11 is 0. The molecule has 3 rings (SSSR count). The number of hydrogen-bond donors (Lipinski definition) is 2. The lowest BCUT2D eigenvalue weighted by molar-refractivity contribution is -0.0504.